The second kappa shape index (κ2) is 10.7. The van der Waals surface area contributed by atoms with Crippen LogP contribution in [0.15, 0.2) is 28.0 Å². The van der Waals surface area contributed by atoms with Crippen LogP contribution in [0.3, 0.4) is 0 Å². The van der Waals surface area contributed by atoms with Crippen LogP contribution in [0.5, 0.6) is 0 Å². The molecule has 0 saturated heterocycles. The predicted molar refractivity (Wildman–Crippen MR) is 98.9 cm³/mol. The van der Waals surface area contributed by atoms with E-state index in [2.05, 4.69) is 23.3 Å². The van der Waals surface area contributed by atoms with Gasteiger partial charge in [0.2, 0.25) is 5.91 Å². The van der Waals surface area contributed by atoms with Gasteiger partial charge in [-0.25, -0.2) is 4.99 Å². The number of aliphatic imine (C=N–C) groups is 1. The van der Waals surface area contributed by atoms with Crippen molar-refractivity contribution in [3.8, 4) is 0 Å². The molecule has 1 amide bonds. The summed E-state index contributed by atoms with van der Waals surface area (Å²) in [6.07, 6.45) is 8.58. The SMILES string of the molecule is CCC/C=C(NCCCN(C)C(=O)C1CC1)/C(Cl)=C\N=C(C)Cl. The van der Waals surface area contributed by atoms with Crippen molar-refractivity contribution in [2.75, 3.05) is 20.1 Å². The lowest BCUT2D eigenvalue weighted by atomic mass is 10.2. The zero-order valence-electron chi connectivity index (χ0n) is 14.2. The van der Waals surface area contributed by atoms with E-state index in [0.29, 0.717) is 10.2 Å². The molecule has 0 aliphatic heterocycles. The lowest BCUT2D eigenvalue weighted by Crippen LogP contribution is -2.30. The Morgan fingerprint density at radius 3 is 2.65 bits per heavy atom. The van der Waals surface area contributed by atoms with Gasteiger partial charge >= 0.3 is 0 Å². The lowest BCUT2D eigenvalue weighted by molar-refractivity contribution is -0.131. The molecule has 1 aliphatic rings. The molecule has 0 aromatic carbocycles. The molecule has 0 unspecified atom stereocenters. The van der Waals surface area contributed by atoms with Crippen LogP contribution in [0.1, 0.15) is 46.0 Å². The van der Waals surface area contributed by atoms with Crippen LogP contribution in [-0.4, -0.2) is 36.1 Å². The maximum atomic E-state index is 11.9. The van der Waals surface area contributed by atoms with Crippen LogP contribution in [-0.2, 0) is 4.79 Å². The van der Waals surface area contributed by atoms with Crippen molar-refractivity contribution in [1.29, 1.82) is 0 Å². The first-order valence-electron chi connectivity index (χ1n) is 8.20. The summed E-state index contributed by atoms with van der Waals surface area (Å²) < 4.78 is 0. The first-order chi connectivity index (χ1) is 11.0. The summed E-state index contributed by atoms with van der Waals surface area (Å²) in [5, 5.41) is 4.31. The summed E-state index contributed by atoms with van der Waals surface area (Å²) in [6.45, 7) is 5.33. The van der Waals surface area contributed by atoms with Gasteiger partial charge in [0, 0.05) is 32.3 Å². The van der Waals surface area contributed by atoms with Crippen LogP contribution >= 0.6 is 23.2 Å². The van der Waals surface area contributed by atoms with Gasteiger partial charge in [-0.2, -0.15) is 0 Å². The summed E-state index contributed by atoms with van der Waals surface area (Å²) >= 11 is 12.0. The average molecular weight is 360 g/mol. The van der Waals surface area contributed by atoms with Gasteiger partial charge in [0.25, 0.3) is 0 Å². The first kappa shape index (κ1) is 20.0. The number of allylic oxidation sites excluding steroid dienone is 2. The molecule has 0 spiro atoms. The first-order valence-corrected chi connectivity index (χ1v) is 8.96. The van der Waals surface area contributed by atoms with Crippen LogP contribution in [0.2, 0.25) is 0 Å². The number of carbonyl (C=O) groups is 1. The van der Waals surface area contributed by atoms with E-state index >= 15 is 0 Å². The number of hydrogen-bond donors (Lipinski definition) is 1. The molecule has 4 nitrogen and oxygen atoms in total. The molecule has 0 atom stereocenters. The molecule has 0 aromatic rings. The number of carbonyl (C=O) groups excluding carboxylic acids is 1. The number of nitrogens with one attached hydrogen (secondary N) is 1. The Morgan fingerprint density at radius 2 is 2.09 bits per heavy atom. The van der Waals surface area contributed by atoms with E-state index in [4.69, 9.17) is 23.2 Å². The largest absolute Gasteiger partial charge is 0.384 e. The molecule has 0 aromatic heterocycles. The fourth-order valence-corrected chi connectivity index (χ4v) is 2.29. The quantitative estimate of drug-likeness (QED) is 0.359. The molecule has 0 heterocycles. The molecule has 0 bridgehead atoms. The van der Waals surface area contributed by atoms with Crippen LogP contribution < -0.4 is 5.32 Å². The van der Waals surface area contributed by atoms with Crippen molar-refractivity contribution in [2.24, 2.45) is 10.9 Å². The van der Waals surface area contributed by atoms with Gasteiger partial charge in [-0.1, -0.05) is 42.6 Å². The maximum Gasteiger partial charge on any atom is 0.225 e. The minimum Gasteiger partial charge on any atom is -0.384 e. The third-order valence-electron chi connectivity index (χ3n) is 3.54. The van der Waals surface area contributed by atoms with Gasteiger partial charge in [-0.15, -0.1) is 0 Å². The Bertz CT molecular complexity index is 478. The Balaban J connectivity index is 2.43. The number of halogens is 2. The summed E-state index contributed by atoms with van der Waals surface area (Å²) in [5.74, 6) is 0.554. The van der Waals surface area contributed by atoms with E-state index < -0.39 is 0 Å². The minimum atomic E-state index is 0.275. The highest BCUT2D eigenvalue weighted by molar-refractivity contribution is 6.64. The van der Waals surface area contributed by atoms with Crippen molar-refractivity contribution in [1.82, 2.24) is 10.2 Å². The monoisotopic (exact) mass is 359 g/mol. The van der Waals surface area contributed by atoms with Gasteiger partial charge in [0.15, 0.2) is 0 Å². The van der Waals surface area contributed by atoms with E-state index in [1.807, 2.05) is 11.9 Å². The highest BCUT2D eigenvalue weighted by Gasteiger charge is 2.31. The predicted octanol–water partition coefficient (Wildman–Crippen LogP) is 4.26. The van der Waals surface area contributed by atoms with Crippen molar-refractivity contribution in [3.63, 3.8) is 0 Å². The number of unbranched alkanes of at least 4 members (excludes halogenated alkanes) is 1. The second-order valence-electron chi connectivity index (χ2n) is 5.82. The van der Waals surface area contributed by atoms with Gasteiger partial charge in [-0.05, 0) is 32.6 Å². The molecule has 1 N–H and O–H groups in total. The zero-order chi connectivity index (χ0) is 17.2. The maximum absolute atomic E-state index is 11.9. The Hall–Kier alpha value is -1.00. The summed E-state index contributed by atoms with van der Waals surface area (Å²) in [6, 6.07) is 0. The molecular weight excluding hydrogens is 333 g/mol. The topological polar surface area (TPSA) is 44.7 Å². The number of rotatable bonds is 10. The Kier molecular flexibility index (Phi) is 9.34. The Labute approximate surface area is 149 Å². The molecular formula is C17H27Cl2N3O. The highest BCUT2D eigenvalue weighted by Crippen LogP contribution is 2.30. The van der Waals surface area contributed by atoms with Gasteiger partial charge in [-0.3, -0.25) is 4.79 Å². The van der Waals surface area contributed by atoms with E-state index in [0.717, 1.165) is 50.9 Å². The van der Waals surface area contributed by atoms with Crippen molar-refractivity contribution < 1.29 is 4.79 Å². The van der Waals surface area contributed by atoms with Crippen molar-refractivity contribution >= 4 is 34.3 Å². The third kappa shape index (κ3) is 8.42. The fourth-order valence-electron chi connectivity index (χ4n) is 2.05. The van der Waals surface area contributed by atoms with Crippen molar-refractivity contribution in [3.05, 3.63) is 23.0 Å². The summed E-state index contributed by atoms with van der Waals surface area (Å²) in [5.41, 5.74) is 0.867. The normalized spacial score (nSPS) is 16.5. The second-order valence-corrected chi connectivity index (χ2v) is 6.78. The molecule has 1 saturated carbocycles. The molecule has 1 aliphatic carbocycles. The molecule has 6 heteroatoms. The fraction of sp³-hybridized carbons (Fsp3) is 0.647. The lowest BCUT2D eigenvalue weighted by Gasteiger charge is -2.17. The Morgan fingerprint density at radius 1 is 1.39 bits per heavy atom. The van der Waals surface area contributed by atoms with E-state index in [1.54, 1.807) is 13.1 Å². The number of hydrogen-bond acceptors (Lipinski definition) is 3. The standard InChI is InChI=1S/C17H27Cl2N3O/c1-4-5-7-16(15(19)12-21-13(2)18)20-10-6-11-22(3)17(23)14-8-9-14/h7,12,14,20H,4-6,8-11H2,1-3H3/b15-12+,16-7-,21-13?. The third-order valence-corrected chi connectivity index (χ3v) is 3.94. The molecule has 0 radical (unpaired) electrons. The van der Waals surface area contributed by atoms with Crippen LogP contribution in [0.4, 0.5) is 0 Å². The minimum absolute atomic E-state index is 0.275. The van der Waals surface area contributed by atoms with Gasteiger partial charge < -0.3 is 10.2 Å². The van der Waals surface area contributed by atoms with Gasteiger partial charge in [0.05, 0.1) is 10.7 Å². The van der Waals surface area contributed by atoms with Crippen LogP contribution in [0, 0.1) is 5.92 Å². The number of amides is 1. The van der Waals surface area contributed by atoms with Crippen molar-refractivity contribution in [2.45, 2.75) is 46.0 Å². The zero-order valence-corrected chi connectivity index (χ0v) is 15.8. The average Bonchev–Trinajstić information content (AvgIpc) is 3.35. The van der Waals surface area contributed by atoms with E-state index in [9.17, 15) is 4.79 Å². The number of nitrogens with zero attached hydrogens (tertiary/aromatic N) is 2. The summed E-state index contributed by atoms with van der Waals surface area (Å²) in [4.78, 5) is 17.7. The summed E-state index contributed by atoms with van der Waals surface area (Å²) in [7, 11) is 1.87. The van der Waals surface area contributed by atoms with E-state index in [-0.39, 0.29) is 11.8 Å². The molecule has 1 rings (SSSR count). The molecule has 23 heavy (non-hydrogen) atoms. The molecule has 130 valence electrons. The van der Waals surface area contributed by atoms with Crippen LogP contribution in [0.25, 0.3) is 0 Å². The molecule has 1 fully saturated rings. The smallest absolute Gasteiger partial charge is 0.225 e. The highest BCUT2D eigenvalue weighted by atomic mass is 35.5. The van der Waals surface area contributed by atoms with Gasteiger partial charge in [0.1, 0.15) is 5.17 Å². The van der Waals surface area contributed by atoms with E-state index in [1.165, 1.54) is 0 Å².